The fourth-order valence-electron chi connectivity index (χ4n) is 4.71. The first-order valence-corrected chi connectivity index (χ1v) is 11.0. The zero-order chi connectivity index (χ0) is 20.1. The Morgan fingerprint density at radius 1 is 0.964 bits per heavy atom. The first kappa shape index (κ1) is 19.1. The van der Waals surface area contributed by atoms with Crippen LogP contribution in [0.3, 0.4) is 0 Å². The van der Waals surface area contributed by atoms with Crippen molar-refractivity contribution in [2.75, 3.05) is 26.2 Å². The summed E-state index contributed by atoms with van der Waals surface area (Å²) in [7, 11) is -3.59. The Morgan fingerprint density at radius 2 is 1.54 bits per heavy atom. The lowest BCUT2D eigenvalue weighted by Gasteiger charge is -2.37. The second-order valence-electron chi connectivity index (χ2n) is 7.88. The molecule has 1 heterocycles. The number of hydrogen-bond donors (Lipinski definition) is 1. The van der Waals surface area contributed by atoms with Crippen LogP contribution in [0.5, 0.6) is 0 Å². The summed E-state index contributed by atoms with van der Waals surface area (Å²) in [5.74, 6) is -2.37. The van der Waals surface area contributed by atoms with Gasteiger partial charge in [0.2, 0.25) is 15.9 Å². The highest BCUT2D eigenvalue weighted by molar-refractivity contribution is 7.89. The highest BCUT2D eigenvalue weighted by Crippen LogP contribution is 2.48. The number of benzene rings is 1. The van der Waals surface area contributed by atoms with Crippen LogP contribution in [-0.4, -0.2) is 60.8 Å². The molecular weight excluding hydrogens is 380 g/mol. The Morgan fingerprint density at radius 3 is 2.11 bits per heavy atom. The predicted octanol–water partition coefficient (Wildman–Crippen LogP) is 1.35. The minimum atomic E-state index is -3.59. The third-order valence-corrected chi connectivity index (χ3v) is 8.15. The van der Waals surface area contributed by atoms with Crippen LogP contribution in [0.25, 0.3) is 0 Å². The number of sulfonamides is 1. The summed E-state index contributed by atoms with van der Waals surface area (Å²) in [6, 6.07) is 6.73. The monoisotopic (exact) mass is 404 g/mol. The number of hydrogen-bond acceptors (Lipinski definition) is 4. The van der Waals surface area contributed by atoms with Crippen molar-refractivity contribution in [2.45, 2.75) is 18.2 Å². The second kappa shape index (κ2) is 7.00. The van der Waals surface area contributed by atoms with Crippen molar-refractivity contribution in [3.8, 4) is 0 Å². The van der Waals surface area contributed by atoms with Crippen LogP contribution in [0.2, 0.25) is 0 Å². The lowest BCUT2D eigenvalue weighted by molar-refractivity contribution is -0.151. The smallest absolute Gasteiger partial charge is 0.307 e. The summed E-state index contributed by atoms with van der Waals surface area (Å²) < 4.78 is 27.0. The van der Waals surface area contributed by atoms with Gasteiger partial charge in [0, 0.05) is 26.2 Å². The number of carbonyl (C=O) groups excluding carboxylic acids is 1. The second-order valence-corrected chi connectivity index (χ2v) is 9.82. The number of aliphatic carboxylic acids is 1. The van der Waals surface area contributed by atoms with E-state index < -0.39 is 27.8 Å². The normalized spacial score (nSPS) is 30.0. The molecule has 1 saturated carbocycles. The Bertz CT molecular complexity index is 916. The van der Waals surface area contributed by atoms with Gasteiger partial charge in [-0.3, -0.25) is 9.59 Å². The van der Waals surface area contributed by atoms with Gasteiger partial charge in [-0.05, 0) is 37.3 Å². The molecule has 2 bridgehead atoms. The van der Waals surface area contributed by atoms with Gasteiger partial charge in [0.1, 0.15) is 0 Å². The van der Waals surface area contributed by atoms with Crippen molar-refractivity contribution in [3.63, 3.8) is 0 Å². The van der Waals surface area contributed by atoms with Crippen LogP contribution in [0.15, 0.2) is 41.3 Å². The standard InChI is InChI=1S/C20H24N2O5S/c1-13-2-6-16(7-3-13)28(26,27)22-10-8-21(9-11-22)19(23)17-14-4-5-15(12-14)18(17)20(24)25/h2-7,14-15,17-18H,8-12H2,1H3,(H,24,25)/t14-,15+,17-,18+/m1/s1. The van der Waals surface area contributed by atoms with E-state index in [0.717, 1.165) is 12.0 Å². The minimum absolute atomic E-state index is 0.0204. The van der Waals surface area contributed by atoms with Gasteiger partial charge < -0.3 is 10.0 Å². The largest absolute Gasteiger partial charge is 0.481 e. The van der Waals surface area contributed by atoms with E-state index in [1.54, 1.807) is 29.2 Å². The van der Waals surface area contributed by atoms with Crippen LogP contribution in [0.4, 0.5) is 0 Å². The number of rotatable bonds is 4. The number of piperazine rings is 1. The number of fused-ring (bicyclic) bond motifs is 2. The molecule has 7 nitrogen and oxygen atoms in total. The first-order chi connectivity index (χ1) is 13.3. The number of aryl methyl sites for hydroxylation is 1. The van der Waals surface area contributed by atoms with Crippen LogP contribution >= 0.6 is 0 Å². The Labute approximate surface area is 164 Å². The molecule has 1 amide bonds. The third-order valence-electron chi connectivity index (χ3n) is 6.24. The van der Waals surface area contributed by atoms with E-state index >= 15 is 0 Å². The van der Waals surface area contributed by atoms with E-state index in [2.05, 4.69) is 0 Å². The van der Waals surface area contributed by atoms with Crippen molar-refractivity contribution < 1.29 is 23.1 Å². The van der Waals surface area contributed by atoms with Gasteiger partial charge in [0.15, 0.2) is 0 Å². The summed E-state index contributed by atoms with van der Waals surface area (Å²) in [6.07, 6.45) is 4.60. The maximum atomic E-state index is 13.0. The van der Waals surface area contributed by atoms with E-state index in [1.807, 2.05) is 19.1 Å². The molecule has 4 atom stereocenters. The SMILES string of the molecule is Cc1ccc(S(=O)(=O)N2CCN(C(=O)[C@H]3[C@@H](C(=O)O)[C@H]4C=C[C@@H]3C4)CC2)cc1. The zero-order valence-electron chi connectivity index (χ0n) is 15.7. The molecule has 1 aromatic rings. The lowest BCUT2D eigenvalue weighted by atomic mass is 9.82. The van der Waals surface area contributed by atoms with Crippen molar-refractivity contribution in [3.05, 3.63) is 42.0 Å². The number of carboxylic acid groups (broad SMARTS) is 1. The third kappa shape index (κ3) is 3.14. The van der Waals surface area contributed by atoms with Gasteiger partial charge in [0.05, 0.1) is 16.7 Å². The lowest BCUT2D eigenvalue weighted by Crippen LogP contribution is -2.53. The fourth-order valence-corrected chi connectivity index (χ4v) is 6.14. The van der Waals surface area contributed by atoms with Crippen molar-refractivity contribution in [2.24, 2.45) is 23.7 Å². The molecule has 0 aromatic heterocycles. The van der Waals surface area contributed by atoms with Crippen molar-refractivity contribution >= 4 is 21.9 Å². The van der Waals surface area contributed by atoms with Crippen LogP contribution in [0, 0.1) is 30.6 Å². The summed E-state index contributed by atoms with van der Waals surface area (Å²) in [6.45, 7) is 2.91. The van der Waals surface area contributed by atoms with Gasteiger partial charge in [-0.2, -0.15) is 4.31 Å². The number of carbonyl (C=O) groups is 2. The molecule has 1 N–H and O–H groups in total. The Balaban J connectivity index is 1.44. The van der Waals surface area contributed by atoms with E-state index in [1.165, 1.54) is 4.31 Å². The quantitative estimate of drug-likeness (QED) is 0.765. The molecule has 8 heteroatoms. The molecule has 28 heavy (non-hydrogen) atoms. The summed E-state index contributed by atoms with van der Waals surface area (Å²) >= 11 is 0. The fraction of sp³-hybridized carbons (Fsp3) is 0.500. The number of carboxylic acids is 1. The van der Waals surface area contributed by atoms with E-state index in [9.17, 15) is 23.1 Å². The molecule has 150 valence electrons. The van der Waals surface area contributed by atoms with Crippen molar-refractivity contribution in [1.29, 1.82) is 0 Å². The van der Waals surface area contributed by atoms with E-state index in [4.69, 9.17) is 0 Å². The Hall–Kier alpha value is -2.19. The van der Waals surface area contributed by atoms with Gasteiger partial charge in [-0.1, -0.05) is 29.8 Å². The maximum Gasteiger partial charge on any atom is 0.307 e. The molecule has 0 radical (unpaired) electrons. The highest BCUT2D eigenvalue weighted by Gasteiger charge is 2.52. The van der Waals surface area contributed by atoms with E-state index in [-0.39, 0.29) is 48.8 Å². The van der Waals surface area contributed by atoms with Crippen LogP contribution < -0.4 is 0 Å². The number of nitrogens with zero attached hydrogens (tertiary/aromatic N) is 2. The van der Waals surface area contributed by atoms with Crippen LogP contribution in [0.1, 0.15) is 12.0 Å². The maximum absolute atomic E-state index is 13.0. The van der Waals surface area contributed by atoms with Gasteiger partial charge >= 0.3 is 5.97 Å². The summed E-state index contributed by atoms with van der Waals surface area (Å²) in [5, 5.41) is 9.56. The molecule has 2 fully saturated rings. The topological polar surface area (TPSA) is 95.0 Å². The average Bonchev–Trinajstić information content (AvgIpc) is 3.29. The predicted molar refractivity (Wildman–Crippen MR) is 102 cm³/mol. The van der Waals surface area contributed by atoms with Gasteiger partial charge in [-0.15, -0.1) is 0 Å². The molecule has 0 spiro atoms. The molecule has 1 aromatic carbocycles. The van der Waals surface area contributed by atoms with Gasteiger partial charge in [0.25, 0.3) is 0 Å². The molecule has 4 rings (SSSR count). The average molecular weight is 404 g/mol. The number of amides is 1. The summed E-state index contributed by atoms with van der Waals surface area (Å²) in [5.41, 5.74) is 0.988. The highest BCUT2D eigenvalue weighted by atomic mass is 32.2. The first-order valence-electron chi connectivity index (χ1n) is 9.56. The van der Waals surface area contributed by atoms with Crippen LogP contribution in [-0.2, 0) is 19.6 Å². The molecule has 2 aliphatic carbocycles. The zero-order valence-corrected chi connectivity index (χ0v) is 16.5. The molecule has 1 aliphatic heterocycles. The molecule has 1 saturated heterocycles. The number of allylic oxidation sites excluding steroid dienone is 2. The van der Waals surface area contributed by atoms with E-state index in [0.29, 0.717) is 0 Å². The molecular formula is C20H24N2O5S. The summed E-state index contributed by atoms with van der Waals surface area (Å²) in [4.78, 5) is 26.6. The molecule has 0 unspecified atom stereocenters. The molecule has 3 aliphatic rings. The van der Waals surface area contributed by atoms with Gasteiger partial charge in [-0.25, -0.2) is 8.42 Å². The Kier molecular flexibility index (Phi) is 4.79. The minimum Gasteiger partial charge on any atom is -0.481 e. The van der Waals surface area contributed by atoms with Crippen molar-refractivity contribution in [1.82, 2.24) is 9.21 Å².